The summed E-state index contributed by atoms with van der Waals surface area (Å²) in [7, 11) is 0. The van der Waals surface area contributed by atoms with Gasteiger partial charge in [-0.15, -0.1) is 0 Å². The van der Waals surface area contributed by atoms with Crippen LogP contribution in [-0.2, 0) is 37.0 Å². The molecule has 0 aliphatic carbocycles. The van der Waals surface area contributed by atoms with E-state index >= 15 is 0 Å². The Bertz CT molecular complexity index is 953. The molecule has 0 heterocycles. The van der Waals surface area contributed by atoms with E-state index in [-0.39, 0.29) is 18.5 Å². The van der Waals surface area contributed by atoms with E-state index in [0.29, 0.717) is 32.5 Å². The molecule has 0 aliphatic heterocycles. The highest BCUT2D eigenvalue weighted by Gasteiger charge is 2.33. The minimum atomic E-state index is -0.841. The third kappa shape index (κ3) is 16.2. The van der Waals surface area contributed by atoms with Crippen molar-refractivity contribution in [1.29, 1.82) is 0 Å². The number of nitrogens with zero attached hydrogens (tertiary/aromatic N) is 1. The van der Waals surface area contributed by atoms with Gasteiger partial charge in [-0.2, -0.15) is 5.06 Å². The highest BCUT2D eigenvalue weighted by atomic mass is 16.7. The van der Waals surface area contributed by atoms with Crippen molar-refractivity contribution >= 4 is 11.9 Å². The first kappa shape index (κ1) is 34.2. The van der Waals surface area contributed by atoms with Crippen molar-refractivity contribution < 1.29 is 23.9 Å². The van der Waals surface area contributed by atoms with Gasteiger partial charge >= 0.3 is 11.9 Å². The summed E-state index contributed by atoms with van der Waals surface area (Å²) in [6.45, 7) is 6.66. The summed E-state index contributed by atoms with van der Waals surface area (Å²) in [5, 5.41) is 1.97. The minimum absolute atomic E-state index is 0.115. The highest BCUT2D eigenvalue weighted by Crippen LogP contribution is 2.27. The van der Waals surface area contributed by atoms with Gasteiger partial charge in [0.2, 0.25) is 0 Å². The molecule has 0 N–H and O–H groups in total. The zero-order valence-corrected chi connectivity index (χ0v) is 25.5. The molecule has 0 saturated carbocycles. The fourth-order valence-electron chi connectivity index (χ4n) is 4.79. The Morgan fingerprint density at radius 1 is 0.732 bits per heavy atom. The second kappa shape index (κ2) is 20.8. The van der Waals surface area contributed by atoms with E-state index in [0.717, 1.165) is 24.0 Å². The van der Waals surface area contributed by atoms with E-state index in [1.165, 1.54) is 58.8 Å². The van der Waals surface area contributed by atoms with Crippen LogP contribution in [0.2, 0.25) is 0 Å². The van der Waals surface area contributed by atoms with Gasteiger partial charge < -0.3 is 9.47 Å². The van der Waals surface area contributed by atoms with Gasteiger partial charge in [-0.05, 0) is 24.0 Å². The van der Waals surface area contributed by atoms with Gasteiger partial charge in [-0.3, -0.25) is 14.4 Å². The largest absolute Gasteiger partial charge is 0.466 e. The van der Waals surface area contributed by atoms with Crippen LogP contribution in [0.5, 0.6) is 0 Å². The number of esters is 2. The van der Waals surface area contributed by atoms with Gasteiger partial charge in [0.05, 0.1) is 6.61 Å². The maximum atomic E-state index is 12.0. The second-order valence-electron chi connectivity index (χ2n) is 10.8. The van der Waals surface area contributed by atoms with Gasteiger partial charge in [-0.25, -0.2) is 0 Å². The molecule has 2 aromatic carbocycles. The smallest absolute Gasteiger partial charge is 0.302 e. The normalized spacial score (nSPS) is 12.9. The van der Waals surface area contributed by atoms with Crippen molar-refractivity contribution in [1.82, 2.24) is 5.06 Å². The van der Waals surface area contributed by atoms with Gasteiger partial charge in [0.15, 0.2) is 0 Å². The average molecular weight is 566 g/mol. The number of hydroxylamine groups is 2. The SMILES string of the molecule is CCCCCCCCCCC[C@@](/C=C/CCOC(C)=O)(COC(C)=O)ON(Cc1ccccc1)Cc1ccccc1. The summed E-state index contributed by atoms with van der Waals surface area (Å²) in [5.41, 5.74) is 1.42. The van der Waals surface area contributed by atoms with E-state index in [9.17, 15) is 9.59 Å². The summed E-state index contributed by atoms with van der Waals surface area (Å²) >= 11 is 0. The zero-order chi connectivity index (χ0) is 29.6. The van der Waals surface area contributed by atoms with Crippen molar-refractivity contribution in [2.75, 3.05) is 13.2 Å². The summed E-state index contributed by atoms with van der Waals surface area (Å²) < 4.78 is 10.7. The molecule has 0 aliphatic rings. The summed E-state index contributed by atoms with van der Waals surface area (Å²) in [6, 6.07) is 20.5. The molecule has 6 nitrogen and oxygen atoms in total. The van der Waals surface area contributed by atoms with Crippen LogP contribution in [-0.4, -0.2) is 35.8 Å². The fourth-order valence-corrected chi connectivity index (χ4v) is 4.79. The van der Waals surface area contributed by atoms with Crippen molar-refractivity contribution in [3.05, 3.63) is 83.9 Å². The van der Waals surface area contributed by atoms with Gasteiger partial charge in [0.25, 0.3) is 0 Å². The van der Waals surface area contributed by atoms with Crippen LogP contribution in [0.15, 0.2) is 72.8 Å². The third-order valence-electron chi connectivity index (χ3n) is 6.95. The maximum Gasteiger partial charge on any atom is 0.302 e. The summed E-state index contributed by atoms with van der Waals surface area (Å²) in [4.78, 5) is 30.1. The molecule has 41 heavy (non-hydrogen) atoms. The van der Waals surface area contributed by atoms with Crippen LogP contribution in [0.3, 0.4) is 0 Å². The van der Waals surface area contributed by atoms with Gasteiger partial charge in [0.1, 0.15) is 12.2 Å². The third-order valence-corrected chi connectivity index (χ3v) is 6.95. The molecule has 6 heteroatoms. The van der Waals surface area contributed by atoms with Gasteiger partial charge in [-0.1, -0.05) is 138 Å². The predicted octanol–water partition coefficient (Wildman–Crippen LogP) is 8.35. The summed E-state index contributed by atoms with van der Waals surface area (Å²) in [6.07, 6.45) is 16.2. The lowest BCUT2D eigenvalue weighted by molar-refractivity contribution is -0.256. The molecule has 0 radical (unpaired) electrons. The van der Waals surface area contributed by atoms with Crippen LogP contribution in [0.1, 0.15) is 103 Å². The Morgan fingerprint density at radius 3 is 1.76 bits per heavy atom. The molecule has 0 amide bonds. The molecule has 0 bridgehead atoms. The summed E-state index contributed by atoms with van der Waals surface area (Å²) in [5.74, 6) is -0.636. The van der Waals surface area contributed by atoms with Crippen LogP contribution in [0.4, 0.5) is 0 Å². The Morgan fingerprint density at radius 2 is 1.24 bits per heavy atom. The van der Waals surface area contributed by atoms with Crippen LogP contribution in [0.25, 0.3) is 0 Å². The number of carbonyl (C=O) groups excluding carboxylic acids is 2. The number of benzene rings is 2. The second-order valence-corrected chi connectivity index (χ2v) is 10.8. The molecule has 0 saturated heterocycles. The fraction of sp³-hybridized carbons (Fsp3) is 0.543. The number of unbranched alkanes of at least 4 members (excludes halogenated alkanes) is 8. The Hall–Kier alpha value is -2.96. The first-order chi connectivity index (χ1) is 19.9. The lowest BCUT2D eigenvalue weighted by atomic mass is 9.95. The minimum Gasteiger partial charge on any atom is -0.466 e. The first-order valence-corrected chi connectivity index (χ1v) is 15.4. The molecule has 0 fully saturated rings. The van der Waals surface area contributed by atoms with Crippen LogP contribution >= 0.6 is 0 Å². The van der Waals surface area contributed by atoms with E-state index in [2.05, 4.69) is 31.2 Å². The zero-order valence-electron chi connectivity index (χ0n) is 25.5. The molecule has 0 spiro atoms. The molecule has 0 unspecified atom stereocenters. The van der Waals surface area contributed by atoms with Crippen molar-refractivity contribution in [3.8, 4) is 0 Å². The Balaban J connectivity index is 2.21. The molecular weight excluding hydrogens is 514 g/mol. The van der Waals surface area contributed by atoms with E-state index in [1.807, 2.05) is 53.6 Å². The Kier molecular flexibility index (Phi) is 17.4. The number of rotatable bonds is 22. The lowest BCUT2D eigenvalue weighted by Gasteiger charge is -2.36. The lowest BCUT2D eigenvalue weighted by Crippen LogP contribution is -2.43. The van der Waals surface area contributed by atoms with E-state index in [1.54, 1.807) is 0 Å². The quantitative estimate of drug-likeness (QED) is 0.0619. The number of hydrogen-bond acceptors (Lipinski definition) is 6. The highest BCUT2D eigenvalue weighted by molar-refractivity contribution is 5.66. The standard InChI is InChI=1S/C35H51NO5/c1-4-5-6-7-8-9-10-11-18-25-35(30-40-32(3)38,26-19-20-27-39-31(2)37)41-36(28-33-21-14-12-15-22-33)29-34-23-16-13-17-24-34/h12-17,19,21-24,26H,4-11,18,20,25,27-30H2,1-3H3/b26-19+/t35-/m1/s1. The van der Waals surface area contributed by atoms with Crippen LogP contribution < -0.4 is 0 Å². The molecule has 2 aromatic rings. The predicted molar refractivity (Wildman–Crippen MR) is 165 cm³/mol. The van der Waals surface area contributed by atoms with Crippen molar-refractivity contribution in [2.24, 2.45) is 0 Å². The monoisotopic (exact) mass is 565 g/mol. The van der Waals surface area contributed by atoms with Gasteiger partial charge in [0, 0.05) is 26.9 Å². The first-order valence-electron chi connectivity index (χ1n) is 15.4. The number of hydrogen-bond donors (Lipinski definition) is 0. The maximum absolute atomic E-state index is 12.0. The van der Waals surface area contributed by atoms with Crippen LogP contribution in [0, 0.1) is 0 Å². The average Bonchev–Trinajstić information content (AvgIpc) is 2.96. The Labute approximate surface area is 248 Å². The topological polar surface area (TPSA) is 65.1 Å². The molecule has 226 valence electrons. The molecular formula is C35H51NO5. The molecule has 0 aromatic heterocycles. The van der Waals surface area contributed by atoms with Crippen molar-refractivity contribution in [2.45, 2.75) is 110 Å². The number of carbonyl (C=O) groups is 2. The molecule has 1 atom stereocenters. The molecule has 2 rings (SSSR count). The number of ether oxygens (including phenoxy) is 2. The van der Waals surface area contributed by atoms with Crippen molar-refractivity contribution in [3.63, 3.8) is 0 Å². The van der Waals surface area contributed by atoms with E-state index in [4.69, 9.17) is 14.3 Å². The van der Waals surface area contributed by atoms with E-state index < -0.39 is 5.60 Å².